The third kappa shape index (κ3) is 7.53. The van der Waals surface area contributed by atoms with Crippen molar-refractivity contribution in [3.63, 3.8) is 0 Å². The van der Waals surface area contributed by atoms with Crippen molar-refractivity contribution in [2.75, 3.05) is 5.32 Å². The lowest BCUT2D eigenvalue weighted by Crippen LogP contribution is -2.21. The van der Waals surface area contributed by atoms with E-state index in [4.69, 9.17) is 14.6 Å². The summed E-state index contributed by atoms with van der Waals surface area (Å²) in [7, 11) is 1.90. The number of alkyl halides is 3. The SMILES string of the molecule is Cn1cc(CNc2ncccc2OCc2ccccc2)cn1.O=C(O)C(F)(F)F. The lowest BCUT2D eigenvalue weighted by Gasteiger charge is -2.11. The lowest BCUT2D eigenvalue weighted by atomic mass is 10.2. The van der Waals surface area contributed by atoms with Crippen LogP contribution in [0, 0.1) is 0 Å². The smallest absolute Gasteiger partial charge is 0.485 e. The van der Waals surface area contributed by atoms with Gasteiger partial charge in [0.15, 0.2) is 11.6 Å². The number of hydrogen-bond donors (Lipinski definition) is 2. The van der Waals surface area contributed by atoms with Crippen molar-refractivity contribution in [1.29, 1.82) is 0 Å². The van der Waals surface area contributed by atoms with Gasteiger partial charge in [0.05, 0.1) is 6.20 Å². The zero-order valence-electron chi connectivity index (χ0n) is 15.4. The highest BCUT2D eigenvalue weighted by atomic mass is 19.4. The Balaban J connectivity index is 0.000000370. The van der Waals surface area contributed by atoms with Crippen LogP contribution >= 0.6 is 0 Å². The number of rotatable bonds is 6. The molecule has 0 radical (unpaired) electrons. The maximum atomic E-state index is 10.6. The Morgan fingerprint density at radius 2 is 1.86 bits per heavy atom. The van der Waals surface area contributed by atoms with Gasteiger partial charge in [-0.1, -0.05) is 30.3 Å². The summed E-state index contributed by atoms with van der Waals surface area (Å²) in [5, 5.41) is 14.6. The number of benzene rings is 1. The molecule has 2 aromatic heterocycles. The van der Waals surface area contributed by atoms with Gasteiger partial charge in [-0.3, -0.25) is 4.68 Å². The van der Waals surface area contributed by atoms with Crippen LogP contribution in [-0.2, 0) is 25.0 Å². The minimum absolute atomic E-state index is 0.522. The largest absolute Gasteiger partial charge is 0.490 e. The fourth-order valence-electron chi connectivity index (χ4n) is 2.12. The highest BCUT2D eigenvalue weighted by molar-refractivity contribution is 5.73. The number of carboxylic acids is 1. The highest BCUT2D eigenvalue weighted by Gasteiger charge is 2.38. The van der Waals surface area contributed by atoms with E-state index in [1.807, 2.05) is 61.9 Å². The molecule has 3 rings (SSSR count). The molecule has 2 N–H and O–H groups in total. The van der Waals surface area contributed by atoms with E-state index >= 15 is 0 Å². The maximum absolute atomic E-state index is 10.6. The zero-order chi connectivity index (χ0) is 21.3. The molecule has 0 unspecified atom stereocenters. The second-order valence-electron chi connectivity index (χ2n) is 5.80. The van der Waals surface area contributed by atoms with Gasteiger partial charge in [0.25, 0.3) is 0 Å². The minimum Gasteiger partial charge on any atom is -0.485 e. The summed E-state index contributed by atoms with van der Waals surface area (Å²) in [5.41, 5.74) is 2.23. The molecule has 154 valence electrons. The number of aromatic nitrogens is 3. The first-order valence-corrected chi connectivity index (χ1v) is 8.39. The average molecular weight is 408 g/mol. The summed E-state index contributed by atoms with van der Waals surface area (Å²) in [6.45, 7) is 1.18. The fraction of sp³-hybridized carbons (Fsp3) is 0.211. The van der Waals surface area contributed by atoms with Crippen LogP contribution in [0.15, 0.2) is 61.1 Å². The molecule has 10 heteroatoms. The Hall–Kier alpha value is -3.56. The molecule has 0 aliphatic carbocycles. The first-order chi connectivity index (χ1) is 13.8. The van der Waals surface area contributed by atoms with Gasteiger partial charge in [-0.25, -0.2) is 9.78 Å². The molecule has 3 aromatic rings. The molecule has 0 saturated carbocycles. The number of aryl methyl sites for hydroxylation is 1. The highest BCUT2D eigenvalue weighted by Crippen LogP contribution is 2.22. The standard InChI is InChI=1S/C17H18N4O.C2HF3O2/c1-21-12-15(11-20-21)10-19-17-16(8-5-9-18-17)22-13-14-6-3-2-4-7-14;3-2(4,5)1(6)7/h2-9,11-12H,10,13H2,1H3,(H,18,19);(H,6,7). The first kappa shape index (κ1) is 21.7. The Kier molecular flexibility index (Phi) is 7.58. The van der Waals surface area contributed by atoms with Gasteiger partial charge in [-0.05, 0) is 17.7 Å². The summed E-state index contributed by atoms with van der Waals surface area (Å²) in [5.74, 6) is -1.27. The number of anilines is 1. The van der Waals surface area contributed by atoms with Crippen LogP contribution in [-0.4, -0.2) is 32.0 Å². The number of hydrogen-bond acceptors (Lipinski definition) is 5. The van der Waals surface area contributed by atoms with Crippen LogP contribution in [0.25, 0.3) is 0 Å². The van der Waals surface area contributed by atoms with E-state index in [9.17, 15) is 13.2 Å². The van der Waals surface area contributed by atoms with Crippen LogP contribution in [0.5, 0.6) is 5.75 Å². The Bertz CT molecular complexity index is 914. The van der Waals surface area contributed by atoms with E-state index < -0.39 is 12.1 Å². The van der Waals surface area contributed by atoms with E-state index in [-0.39, 0.29) is 0 Å². The molecule has 1 aromatic carbocycles. The summed E-state index contributed by atoms with van der Waals surface area (Å²) in [6, 6.07) is 13.9. The molecular formula is C19H19F3N4O3. The molecule has 0 bridgehead atoms. The van der Waals surface area contributed by atoms with Crippen LogP contribution in [0.3, 0.4) is 0 Å². The summed E-state index contributed by atoms with van der Waals surface area (Å²) < 4.78 is 39.4. The molecule has 2 heterocycles. The molecule has 0 atom stereocenters. The topological polar surface area (TPSA) is 89.3 Å². The molecule has 0 aliphatic rings. The summed E-state index contributed by atoms with van der Waals surface area (Å²) >= 11 is 0. The number of ether oxygens (including phenoxy) is 1. The van der Waals surface area contributed by atoms with Crippen LogP contribution in [0.1, 0.15) is 11.1 Å². The third-order valence-electron chi connectivity index (χ3n) is 3.47. The molecule has 0 aliphatic heterocycles. The van der Waals surface area contributed by atoms with Gasteiger partial charge in [-0.15, -0.1) is 0 Å². The van der Waals surface area contributed by atoms with Crippen molar-refractivity contribution >= 4 is 11.8 Å². The fourth-order valence-corrected chi connectivity index (χ4v) is 2.12. The van der Waals surface area contributed by atoms with Gasteiger partial charge >= 0.3 is 12.1 Å². The number of nitrogens with zero attached hydrogens (tertiary/aromatic N) is 3. The van der Waals surface area contributed by atoms with Crippen molar-refractivity contribution < 1.29 is 27.8 Å². The normalized spacial score (nSPS) is 10.6. The van der Waals surface area contributed by atoms with E-state index in [1.165, 1.54) is 0 Å². The average Bonchev–Trinajstić information content (AvgIpc) is 3.11. The van der Waals surface area contributed by atoms with Crippen molar-refractivity contribution in [1.82, 2.24) is 14.8 Å². The van der Waals surface area contributed by atoms with E-state index in [0.717, 1.165) is 22.7 Å². The monoisotopic (exact) mass is 408 g/mol. The van der Waals surface area contributed by atoms with Gasteiger partial charge < -0.3 is 15.2 Å². The first-order valence-electron chi connectivity index (χ1n) is 8.39. The predicted octanol–water partition coefficient (Wildman–Crippen LogP) is 3.64. The van der Waals surface area contributed by atoms with E-state index in [0.29, 0.717) is 13.2 Å². The van der Waals surface area contributed by atoms with Gasteiger partial charge in [-0.2, -0.15) is 18.3 Å². The van der Waals surface area contributed by atoms with Crippen molar-refractivity contribution in [3.05, 3.63) is 72.2 Å². The quantitative estimate of drug-likeness (QED) is 0.647. The molecule has 7 nitrogen and oxygen atoms in total. The number of carboxylic acid groups (broad SMARTS) is 1. The summed E-state index contributed by atoms with van der Waals surface area (Å²) in [4.78, 5) is 13.2. The second kappa shape index (κ2) is 10.1. The second-order valence-corrected chi connectivity index (χ2v) is 5.80. The van der Waals surface area contributed by atoms with Crippen molar-refractivity contribution in [2.24, 2.45) is 7.05 Å². The molecule has 29 heavy (non-hydrogen) atoms. The van der Waals surface area contributed by atoms with Gasteiger partial charge in [0, 0.05) is 31.5 Å². The Morgan fingerprint density at radius 1 is 1.17 bits per heavy atom. The van der Waals surface area contributed by atoms with Crippen LogP contribution in [0.2, 0.25) is 0 Å². The number of carbonyl (C=O) groups is 1. The van der Waals surface area contributed by atoms with E-state index in [2.05, 4.69) is 15.4 Å². The zero-order valence-corrected chi connectivity index (χ0v) is 15.4. The molecule has 0 saturated heterocycles. The molecule has 0 fully saturated rings. The number of aliphatic carboxylic acids is 1. The molecule has 0 amide bonds. The number of halogens is 3. The number of pyridine rings is 1. The van der Waals surface area contributed by atoms with Gasteiger partial charge in [0.2, 0.25) is 0 Å². The molecule has 0 spiro atoms. The minimum atomic E-state index is -5.08. The number of nitrogens with one attached hydrogen (secondary N) is 1. The van der Waals surface area contributed by atoms with Crippen molar-refractivity contribution in [3.8, 4) is 5.75 Å². The molecular weight excluding hydrogens is 389 g/mol. The van der Waals surface area contributed by atoms with Crippen LogP contribution in [0.4, 0.5) is 19.0 Å². The van der Waals surface area contributed by atoms with E-state index in [1.54, 1.807) is 10.9 Å². The summed E-state index contributed by atoms with van der Waals surface area (Å²) in [6.07, 6.45) is 0.474. The Labute approximate surface area is 164 Å². The third-order valence-corrected chi connectivity index (χ3v) is 3.47. The maximum Gasteiger partial charge on any atom is 0.490 e. The van der Waals surface area contributed by atoms with Gasteiger partial charge in [0.1, 0.15) is 6.61 Å². The lowest BCUT2D eigenvalue weighted by molar-refractivity contribution is -0.192. The van der Waals surface area contributed by atoms with Crippen LogP contribution < -0.4 is 10.1 Å². The van der Waals surface area contributed by atoms with Crippen molar-refractivity contribution in [2.45, 2.75) is 19.3 Å². The Morgan fingerprint density at radius 3 is 2.45 bits per heavy atom. The predicted molar refractivity (Wildman–Crippen MR) is 99.2 cm³/mol.